The molecule has 0 aliphatic carbocycles. The summed E-state index contributed by atoms with van der Waals surface area (Å²) in [6.45, 7) is 3.46. The minimum absolute atomic E-state index is 0.317. The number of ether oxygens (including phenoxy) is 1. The summed E-state index contributed by atoms with van der Waals surface area (Å²) in [6, 6.07) is 13.5. The van der Waals surface area contributed by atoms with E-state index in [4.69, 9.17) is 4.74 Å². The molecule has 2 rings (SSSR count). The Balaban J connectivity index is 1.96. The van der Waals surface area contributed by atoms with E-state index in [0.29, 0.717) is 11.3 Å². The van der Waals surface area contributed by atoms with Crippen molar-refractivity contribution < 1.29 is 22.7 Å². The molecule has 0 aliphatic heterocycles. The van der Waals surface area contributed by atoms with E-state index < -0.39 is 22.1 Å². The third-order valence-corrected chi connectivity index (χ3v) is 4.23. The van der Waals surface area contributed by atoms with Gasteiger partial charge >= 0.3 is 5.97 Å². The Morgan fingerprint density at radius 1 is 1.04 bits per heavy atom. The number of rotatable bonds is 7. The summed E-state index contributed by atoms with van der Waals surface area (Å²) >= 11 is 0. The molecule has 0 aromatic heterocycles. The number of sulfonamides is 1. The maximum absolute atomic E-state index is 12.3. The van der Waals surface area contributed by atoms with E-state index in [1.165, 1.54) is 37.3 Å². The van der Waals surface area contributed by atoms with Crippen LogP contribution in [0.1, 0.15) is 28.4 Å². The van der Waals surface area contributed by atoms with Crippen LogP contribution in [-0.2, 0) is 19.6 Å². The van der Waals surface area contributed by atoms with E-state index in [0.717, 1.165) is 17.4 Å². The molecular weight excluding hydrogens is 366 g/mol. The van der Waals surface area contributed by atoms with Crippen molar-refractivity contribution in [2.75, 3.05) is 11.0 Å². The topological polar surface area (TPSA) is 89.5 Å². The molecule has 0 saturated heterocycles. The summed E-state index contributed by atoms with van der Waals surface area (Å²) in [5.41, 5.74) is 2.63. The highest BCUT2D eigenvalue weighted by molar-refractivity contribution is 7.92. The molecule has 0 unspecified atom stereocenters. The van der Waals surface area contributed by atoms with E-state index >= 15 is 0 Å². The van der Waals surface area contributed by atoms with E-state index in [2.05, 4.69) is 4.72 Å². The number of hydrogen-bond acceptors (Lipinski definition) is 5. The Labute approximate surface area is 158 Å². The number of aryl methyl sites for hydroxylation is 1. The first-order valence-electron chi connectivity index (χ1n) is 8.21. The molecule has 7 heteroatoms. The quantitative estimate of drug-likeness (QED) is 0.448. The predicted octanol–water partition coefficient (Wildman–Crippen LogP) is 3.19. The molecule has 0 amide bonds. The Morgan fingerprint density at radius 2 is 1.63 bits per heavy atom. The van der Waals surface area contributed by atoms with Gasteiger partial charge in [-0.25, -0.2) is 13.2 Å². The molecule has 2 aromatic carbocycles. The number of hydrogen-bond donors (Lipinski definition) is 1. The number of carbonyl (C=O) groups excluding carboxylic acids is 2. The number of nitrogens with one attached hydrogen (secondary N) is 1. The molecule has 0 bridgehead atoms. The molecule has 1 atom stereocenters. The minimum atomic E-state index is -3.39. The van der Waals surface area contributed by atoms with Gasteiger partial charge in [0.1, 0.15) is 0 Å². The molecule has 27 heavy (non-hydrogen) atoms. The van der Waals surface area contributed by atoms with Gasteiger partial charge in [-0.2, -0.15) is 0 Å². The molecule has 6 nitrogen and oxygen atoms in total. The third kappa shape index (κ3) is 6.71. The first-order chi connectivity index (χ1) is 12.6. The van der Waals surface area contributed by atoms with Gasteiger partial charge in [0.25, 0.3) is 0 Å². The van der Waals surface area contributed by atoms with Gasteiger partial charge in [-0.3, -0.25) is 9.52 Å². The maximum atomic E-state index is 12.3. The van der Waals surface area contributed by atoms with E-state index in [1.54, 1.807) is 6.08 Å². The lowest BCUT2D eigenvalue weighted by Gasteiger charge is -2.11. The molecule has 0 saturated carbocycles. The van der Waals surface area contributed by atoms with Crippen LogP contribution in [-0.4, -0.2) is 32.5 Å². The normalized spacial score (nSPS) is 12.6. The average molecular weight is 387 g/mol. The van der Waals surface area contributed by atoms with E-state index in [-0.39, 0.29) is 5.78 Å². The fraction of sp³-hybridized carbons (Fsp3) is 0.200. The van der Waals surface area contributed by atoms with Gasteiger partial charge in [-0.05, 0) is 49.8 Å². The summed E-state index contributed by atoms with van der Waals surface area (Å²) < 4.78 is 29.8. The van der Waals surface area contributed by atoms with Crippen LogP contribution in [0, 0.1) is 6.92 Å². The fourth-order valence-electron chi connectivity index (χ4n) is 2.26. The predicted molar refractivity (Wildman–Crippen MR) is 105 cm³/mol. The van der Waals surface area contributed by atoms with Crippen molar-refractivity contribution >= 4 is 33.5 Å². The van der Waals surface area contributed by atoms with Crippen molar-refractivity contribution in [1.29, 1.82) is 0 Å². The standard InChI is InChI=1S/C20H21NO5S/c1-14-4-6-16(7-5-14)8-13-19(22)26-15(2)20(23)17-9-11-18(12-10-17)21-27(3,24)25/h4-13,15,21H,1-3H3/b13-8+/t15-/m0/s1. The van der Waals surface area contributed by atoms with Crippen molar-refractivity contribution in [3.05, 3.63) is 71.3 Å². The van der Waals surface area contributed by atoms with Crippen molar-refractivity contribution in [1.82, 2.24) is 0 Å². The fourth-order valence-corrected chi connectivity index (χ4v) is 2.82. The second-order valence-electron chi connectivity index (χ2n) is 6.14. The average Bonchev–Trinajstić information content (AvgIpc) is 2.60. The largest absolute Gasteiger partial charge is 0.451 e. The van der Waals surface area contributed by atoms with Crippen molar-refractivity contribution in [3.8, 4) is 0 Å². The smallest absolute Gasteiger partial charge is 0.331 e. The summed E-state index contributed by atoms with van der Waals surface area (Å²) in [5, 5.41) is 0. The lowest BCUT2D eigenvalue weighted by atomic mass is 10.1. The highest BCUT2D eigenvalue weighted by Gasteiger charge is 2.18. The number of benzene rings is 2. The van der Waals surface area contributed by atoms with Crippen molar-refractivity contribution in [2.24, 2.45) is 0 Å². The lowest BCUT2D eigenvalue weighted by molar-refractivity contribution is -0.140. The molecule has 0 radical (unpaired) electrons. The lowest BCUT2D eigenvalue weighted by Crippen LogP contribution is -2.23. The highest BCUT2D eigenvalue weighted by atomic mass is 32.2. The Morgan fingerprint density at radius 3 is 2.19 bits per heavy atom. The second-order valence-corrected chi connectivity index (χ2v) is 7.89. The molecular formula is C20H21NO5S. The summed E-state index contributed by atoms with van der Waals surface area (Å²) in [4.78, 5) is 24.3. The van der Waals surface area contributed by atoms with Gasteiger partial charge in [-0.15, -0.1) is 0 Å². The van der Waals surface area contributed by atoms with E-state index in [9.17, 15) is 18.0 Å². The summed E-state index contributed by atoms with van der Waals surface area (Å²) in [5.74, 6) is -0.996. The van der Waals surface area contributed by atoms with Crippen LogP contribution in [0.4, 0.5) is 5.69 Å². The number of Topliss-reactive ketones (excluding diaryl/α,β-unsaturated/α-hetero) is 1. The molecule has 2 aromatic rings. The van der Waals surface area contributed by atoms with Crippen LogP contribution in [0.15, 0.2) is 54.6 Å². The zero-order valence-corrected chi connectivity index (χ0v) is 16.1. The molecule has 0 fully saturated rings. The van der Waals surface area contributed by atoms with Gasteiger partial charge in [-0.1, -0.05) is 29.8 Å². The Hall–Kier alpha value is -2.93. The summed E-state index contributed by atoms with van der Waals surface area (Å²) in [6.07, 6.45) is 2.96. The van der Waals surface area contributed by atoms with Crippen LogP contribution >= 0.6 is 0 Å². The highest BCUT2D eigenvalue weighted by Crippen LogP contribution is 2.14. The van der Waals surface area contributed by atoms with Crippen molar-refractivity contribution in [3.63, 3.8) is 0 Å². The van der Waals surface area contributed by atoms with Gasteiger partial charge in [0.15, 0.2) is 6.10 Å². The van der Waals surface area contributed by atoms with Gasteiger partial charge < -0.3 is 4.74 Å². The molecule has 0 aliphatic rings. The minimum Gasteiger partial charge on any atom is -0.451 e. The van der Waals surface area contributed by atoms with Crippen LogP contribution in [0.25, 0.3) is 6.08 Å². The first-order valence-corrected chi connectivity index (χ1v) is 10.1. The monoisotopic (exact) mass is 387 g/mol. The Kier molecular flexibility index (Phi) is 6.52. The SMILES string of the molecule is Cc1ccc(/C=C/C(=O)O[C@@H](C)C(=O)c2ccc(NS(C)(=O)=O)cc2)cc1. The molecule has 1 N–H and O–H groups in total. The summed E-state index contributed by atoms with van der Waals surface area (Å²) in [7, 11) is -3.39. The van der Waals surface area contributed by atoms with Crippen molar-refractivity contribution in [2.45, 2.75) is 20.0 Å². The van der Waals surface area contributed by atoms with Gasteiger partial charge in [0, 0.05) is 17.3 Å². The maximum Gasteiger partial charge on any atom is 0.331 e. The van der Waals surface area contributed by atoms with Crippen LogP contribution in [0.3, 0.4) is 0 Å². The first kappa shape index (κ1) is 20.4. The molecule has 0 spiro atoms. The number of esters is 1. The van der Waals surface area contributed by atoms with E-state index in [1.807, 2.05) is 31.2 Å². The zero-order valence-electron chi connectivity index (χ0n) is 15.3. The third-order valence-electron chi connectivity index (χ3n) is 3.62. The number of anilines is 1. The van der Waals surface area contributed by atoms with Gasteiger partial charge in [0.05, 0.1) is 6.26 Å². The molecule has 0 heterocycles. The molecule has 142 valence electrons. The van der Waals surface area contributed by atoms with Gasteiger partial charge in [0.2, 0.25) is 15.8 Å². The zero-order chi connectivity index (χ0) is 20.0. The van der Waals surface area contributed by atoms with Crippen LogP contribution in [0.5, 0.6) is 0 Å². The second kappa shape index (κ2) is 8.64. The number of carbonyl (C=O) groups is 2. The Bertz CT molecular complexity index is 945. The van der Waals surface area contributed by atoms with Crippen LogP contribution in [0.2, 0.25) is 0 Å². The van der Waals surface area contributed by atoms with Crippen LogP contribution < -0.4 is 4.72 Å². The number of ketones is 1.